The van der Waals surface area contributed by atoms with Gasteiger partial charge < -0.3 is 4.74 Å². The third kappa shape index (κ3) is 3.22. The predicted octanol–water partition coefficient (Wildman–Crippen LogP) is 4.86. The van der Waals surface area contributed by atoms with Crippen molar-refractivity contribution in [1.29, 1.82) is 0 Å². The maximum Gasteiger partial charge on any atom is 0.176 e. The first-order valence-electron chi connectivity index (χ1n) is 8.23. The van der Waals surface area contributed by atoms with Crippen LogP contribution in [-0.4, -0.2) is 18.3 Å². The van der Waals surface area contributed by atoms with Crippen LogP contribution in [0.5, 0.6) is 5.75 Å². The average Bonchev–Trinajstić information content (AvgIpc) is 3.06. The minimum absolute atomic E-state index is 0.132. The van der Waals surface area contributed by atoms with E-state index in [0.717, 1.165) is 29.7 Å². The fourth-order valence-electron chi connectivity index (χ4n) is 3.91. The van der Waals surface area contributed by atoms with Gasteiger partial charge in [0.1, 0.15) is 5.75 Å². The van der Waals surface area contributed by atoms with Gasteiger partial charge in [0, 0.05) is 5.57 Å². The monoisotopic (exact) mass is 318 g/mol. The van der Waals surface area contributed by atoms with Crippen molar-refractivity contribution in [3.8, 4) is 5.75 Å². The zero-order chi connectivity index (χ0) is 15.5. The van der Waals surface area contributed by atoms with Crippen molar-refractivity contribution >= 4 is 23.5 Å². The highest BCUT2D eigenvalue weighted by Crippen LogP contribution is 2.42. The van der Waals surface area contributed by atoms with Crippen LogP contribution in [0.3, 0.4) is 0 Å². The number of ketones is 1. The summed E-state index contributed by atoms with van der Waals surface area (Å²) in [5, 5.41) is -0.352. The summed E-state index contributed by atoms with van der Waals surface area (Å²) in [5.41, 5.74) is 1.96. The predicted molar refractivity (Wildman–Crippen MR) is 90.3 cm³/mol. The maximum atomic E-state index is 12.6. The molecule has 3 rings (SSSR count). The van der Waals surface area contributed by atoms with Crippen molar-refractivity contribution < 1.29 is 9.53 Å². The van der Waals surface area contributed by atoms with E-state index in [1.54, 1.807) is 7.11 Å². The molecule has 2 aliphatic rings. The van der Waals surface area contributed by atoms with Crippen LogP contribution < -0.4 is 4.74 Å². The van der Waals surface area contributed by atoms with Crippen molar-refractivity contribution in [3.63, 3.8) is 0 Å². The zero-order valence-electron chi connectivity index (χ0n) is 13.1. The molecule has 0 heterocycles. The van der Waals surface area contributed by atoms with Crippen LogP contribution in [0.1, 0.15) is 44.1 Å². The molecule has 2 unspecified atom stereocenters. The average molecular weight is 319 g/mol. The summed E-state index contributed by atoms with van der Waals surface area (Å²) in [6.07, 6.45) is 9.00. The van der Waals surface area contributed by atoms with E-state index in [2.05, 4.69) is 0 Å². The Morgan fingerprint density at radius 3 is 2.68 bits per heavy atom. The Morgan fingerprint density at radius 1 is 1.18 bits per heavy atom. The number of carbonyl (C=O) groups is 1. The number of hydrogen-bond acceptors (Lipinski definition) is 2. The number of hydrogen-bond donors (Lipinski definition) is 0. The standard InChI is InChI=1S/C19H23ClO2/c1-22-15-8-4-5-13(11-15)12-17-16(14-6-2-3-7-14)9-10-18(20)19(17)21/h4-5,8,11-12,14,16,18H,2-3,6-7,9-10H2,1H3. The molecule has 2 atom stereocenters. The minimum atomic E-state index is -0.352. The number of allylic oxidation sites excluding steroid dienone is 1. The molecule has 1 aromatic rings. The van der Waals surface area contributed by atoms with Crippen LogP contribution in [0.2, 0.25) is 0 Å². The third-order valence-electron chi connectivity index (χ3n) is 5.08. The summed E-state index contributed by atoms with van der Waals surface area (Å²) in [5.74, 6) is 1.99. The van der Waals surface area contributed by atoms with Gasteiger partial charge in [-0.2, -0.15) is 0 Å². The topological polar surface area (TPSA) is 26.3 Å². The summed E-state index contributed by atoms with van der Waals surface area (Å²) >= 11 is 6.24. The molecule has 0 spiro atoms. The lowest BCUT2D eigenvalue weighted by Gasteiger charge is -2.31. The Hall–Kier alpha value is -1.28. The van der Waals surface area contributed by atoms with Crippen LogP contribution >= 0.6 is 11.6 Å². The van der Waals surface area contributed by atoms with Gasteiger partial charge in [0.15, 0.2) is 5.78 Å². The van der Waals surface area contributed by atoms with Gasteiger partial charge in [0.2, 0.25) is 0 Å². The van der Waals surface area contributed by atoms with Crippen LogP contribution in [0.25, 0.3) is 6.08 Å². The lowest BCUT2D eigenvalue weighted by molar-refractivity contribution is -0.117. The maximum absolute atomic E-state index is 12.6. The second-order valence-electron chi connectivity index (χ2n) is 6.44. The zero-order valence-corrected chi connectivity index (χ0v) is 13.8. The minimum Gasteiger partial charge on any atom is -0.497 e. The smallest absolute Gasteiger partial charge is 0.176 e. The quantitative estimate of drug-likeness (QED) is 0.588. The Balaban J connectivity index is 1.93. The third-order valence-corrected chi connectivity index (χ3v) is 5.50. The van der Waals surface area contributed by atoms with Gasteiger partial charge in [0.05, 0.1) is 12.5 Å². The molecule has 2 saturated carbocycles. The van der Waals surface area contributed by atoms with Gasteiger partial charge in [-0.15, -0.1) is 11.6 Å². The molecule has 0 radical (unpaired) electrons. The molecule has 0 bridgehead atoms. The second-order valence-corrected chi connectivity index (χ2v) is 6.96. The SMILES string of the molecule is COc1cccc(C=C2C(=O)C(Cl)CCC2C2CCCC2)c1. The summed E-state index contributed by atoms with van der Waals surface area (Å²) in [6.45, 7) is 0. The Bertz CT molecular complexity index is 573. The Morgan fingerprint density at radius 2 is 1.95 bits per heavy atom. The van der Waals surface area contributed by atoms with E-state index in [4.69, 9.17) is 16.3 Å². The number of carbonyl (C=O) groups excluding carboxylic acids is 1. The van der Waals surface area contributed by atoms with E-state index in [9.17, 15) is 4.79 Å². The van der Waals surface area contributed by atoms with E-state index in [-0.39, 0.29) is 11.2 Å². The van der Waals surface area contributed by atoms with E-state index >= 15 is 0 Å². The molecule has 2 aliphatic carbocycles. The number of Topliss-reactive ketones (excluding diaryl/α,β-unsaturated/α-hetero) is 1. The highest BCUT2D eigenvalue weighted by molar-refractivity contribution is 6.34. The first-order valence-corrected chi connectivity index (χ1v) is 8.66. The summed E-state index contributed by atoms with van der Waals surface area (Å²) in [6, 6.07) is 7.88. The van der Waals surface area contributed by atoms with Crippen molar-refractivity contribution in [2.75, 3.05) is 7.11 Å². The van der Waals surface area contributed by atoms with E-state index in [1.165, 1.54) is 25.7 Å². The Labute approximate surface area is 137 Å². The van der Waals surface area contributed by atoms with Gasteiger partial charge in [0.25, 0.3) is 0 Å². The second kappa shape index (κ2) is 6.87. The molecule has 0 aliphatic heterocycles. The van der Waals surface area contributed by atoms with Crippen molar-refractivity contribution in [1.82, 2.24) is 0 Å². The van der Waals surface area contributed by atoms with E-state index < -0.39 is 0 Å². The molecule has 0 amide bonds. The Kier molecular flexibility index (Phi) is 4.87. The van der Waals surface area contributed by atoms with Gasteiger partial charge >= 0.3 is 0 Å². The van der Waals surface area contributed by atoms with Crippen molar-refractivity contribution in [3.05, 3.63) is 35.4 Å². The highest BCUT2D eigenvalue weighted by atomic mass is 35.5. The highest BCUT2D eigenvalue weighted by Gasteiger charge is 2.37. The fourth-order valence-corrected chi connectivity index (χ4v) is 4.17. The summed E-state index contributed by atoms with van der Waals surface area (Å²) in [4.78, 5) is 12.6. The number of alkyl halides is 1. The van der Waals surface area contributed by atoms with Crippen LogP contribution in [-0.2, 0) is 4.79 Å². The molecule has 0 N–H and O–H groups in total. The number of ether oxygens (including phenoxy) is 1. The largest absolute Gasteiger partial charge is 0.497 e. The van der Waals surface area contributed by atoms with E-state index in [0.29, 0.717) is 11.8 Å². The molecular weight excluding hydrogens is 296 g/mol. The summed E-state index contributed by atoms with van der Waals surface area (Å²) < 4.78 is 5.28. The molecule has 2 fully saturated rings. The van der Waals surface area contributed by atoms with Crippen molar-refractivity contribution in [2.45, 2.75) is 43.9 Å². The lowest BCUT2D eigenvalue weighted by Crippen LogP contribution is -2.31. The van der Waals surface area contributed by atoms with Crippen LogP contribution in [0.4, 0.5) is 0 Å². The number of rotatable bonds is 3. The van der Waals surface area contributed by atoms with Crippen LogP contribution in [0, 0.1) is 11.8 Å². The van der Waals surface area contributed by atoms with Gasteiger partial charge in [-0.25, -0.2) is 0 Å². The fraction of sp³-hybridized carbons (Fsp3) is 0.526. The molecule has 2 nitrogen and oxygen atoms in total. The first-order chi connectivity index (χ1) is 10.7. The number of halogens is 1. The van der Waals surface area contributed by atoms with Crippen molar-refractivity contribution in [2.24, 2.45) is 11.8 Å². The molecule has 0 aromatic heterocycles. The molecule has 118 valence electrons. The summed E-state index contributed by atoms with van der Waals surface area (Å²) in [7, 11) is 1.66. The molecule has 22 heavy (non-hydrogen) atoms. The van der Waals surface area contributed by atoms with Crippen LogP contribution in [0.15, 0.2) is 29.8 Å². The molecule has 1 aromatic carbocycles. The molecular formula is C19H23ClO2. The lowest BCUT2D eigenvalue weighted by atomic mass is 9.74. The number of benzene rings is 1. The van der Waals surface area contributed by atoms with Gasteiger partial charge in [-0.05, 0) is 61.3 Å². The molecule has 0 saturated heterocycles. The number of methoxy groups -OCH3 is 1. The van der Waals surface area contributed by atoms with Gasteiger partial charge in [-0.3, -0.25) is 4.79 Å². The normalized spacial score (nSPS) is 28.3. The first kappa shape index (κ1) is 15.6. The molecule has 3 heteroatoms. The van der Waals surface area contributed by atoms with Gasteiger partial charge in [-0.1, -0.05) is 25.0 Å². The van der Waals surface area contributed by atoms with E-state index in [1.807, 2.05) is 30.3 Å².